The highest BCUT2D eigenvalue weighted by atomic mass is 16.5. The third-order valence-corrected chi connectivity index (χ3v) is 5.31. The topological polar surface area (TPSA) is 87.7 Å². The predicted molar refractivity (Wildman–Crippen MR) is 106 cm³/mol. The van der Waals surface area contributed by atoms with Gasteiger partial charge < -0.3 is 15.4 Å². The largest absolute Gasteiger partial charge is 0.374 e. The van der Waals surface area contributed by atoms with Gasteiger partial charge in [0.15, 0.2) is 0 Å². The molecule has 4 amide bonds. The third-order valence-electron chi connectivity index (χ3n) is 5.31. The number of benzene rings is 1. The van der Waals surface area contributed by atoms with Gasteiger partial charge in [0, 0.05) is 18.7 Å². The van der Waals surface area contributed by atoms with Crippen molar-refractivity contribution < 1.29 is 19.1 Å². The van der Waals surface area contributed by atoms with E-state index in [1.165, 1.54) is 4.90 Å². The molecule has 1 heterocycles. The van der Waals surface area contributed by atoms with Crippen molar-refractivity contribution >= 4 is 23.5 Å². The van der Waals surface area contributed by atoms with Crippen molar-refractivity contribution in [2.75, 3.05) is 11.9 Å². The Morgan fingerprint density at radius 3 is 2.71 bits per heavy atom. The van der Waals surface area contributed by atoms with Crippen molar-refractivity contribution in [1.82, 2.24) is 10.2 Å². The number of ether oxygens (including phenoxy) is 1. The van der Waals surface area contributed by atoms with E-state index in [0.29, 0.717) is 25.1 Å². The number of urea groups is 1. The summed E-state index contributed by atoms with van der Waals surface area (Å²) in [4.78, 5) is 38.5. The van der Waals surface area contributed by atoms with Crippen LogP contribution in [-0.2, 0) is 20.9 Å². The molecule has 0 atom stereocenters. The quantitative estimate of drug-likeness (QED) is 0.704. The molecule has 1 aromatic rings. The van der Waals surface area contributed by atoms with E-state index in [1.54, 1.807) is 0 Å². The number of hydrogen-bond acceptors (Lipinski definition) is 4. The fourth-order valence-electron chi connectivity index (χ4n) is 3.81. The number of carbonyl (C=O) groups excluding carboxylic acids is 3. The van der Waals surface area contributed by atoms with Gasteiger partial charge >= 0.3 is 6.03 Å². The predicted octanol–water partition coefficient (Wildman–Crippen LogP) is 3.19. The number of carbonyl (C=O) groups is 3. The van der Waals surface area contributed by atoms with Crippen LogP contribution in [-0.4, -0.2) is 40.9 Å². The van der Waals surface area contributed by atoms with Crippen molar-refractivity contribution in [3.05, 3.63) is 29.8 Å². The number of anilines is 1. The summed E-state index contributed by atoms with van der Waals surface area (Å²) >= 11 is 0. The third kappa shape index (κ3) is 4.70. The number of nitrogens with one attached hydrogen (secondary N) is 2. The molecule has 1 aromatic carbocycles. The molecule has 0 bridgehead atoms. The Labute approximate surface area is 165 Å². The average molecular weight is 387 g/mol. The number of nitrogens with zero attached hydrogens (tertiary/aromatic N) is 1. The average Bonchev–Trinajstić information content (AvgIpc) is 2.88. The first kappa shape index (κ1) is 20.3. The lowest BCUT2D eigenvalue weighted by molar-refractivity contribution is -0.132. The molecule has 7 nitrogen and oxygen atoms in total. The summed E-state index contributed by atoms with van der Waals surface area (Å²) in [6, 6.07) is 7.09. The van der Waals surface area contributed by atoms with Crippen molar-refractivity contribution in [3.63, 3.8) is 0 Å². The minimum absolute atomic E-state index is 0.0714. The summed E-state index contributed by atoms with van der Waals surface area (Å²) in [6.07, 6.45) is 4.55. The van der Waals surface area contributed by atoms with Gasteiger partial charge in [-0.2, -0.15) is 0 Å². The van der Waals surface area contributed by atoms with E-state index in [-0.39, 0.29) is 36.9 Å². The number of rotatable bonds is 7. The molecule has 1 saturated carbocycles. The van der Waals surface area contributed by atoms with Crippen LogP contribution >= 0.6 is 0 Å². The van der Waals surface area contributed by atoms with E-state index in [2.05, 4.69) is 10.6 Å². The molecule has 1 saturated heterocycles. The van der Waals surface area contributed by atoms with Crippen molar-refractivity contribution in [2.45, 2.75) is 70.6 Å². The molecule has 2 aliphatic rings. The van der Waals surface area contributed by atoms with E-state index < -0.39 is 5.54 Å². The van der Waals surface area contributed by atoms with Crippen molar-refractivity contribution in [2.24, 2.45) is 0 Å². The van der Waals surface area contributed by atoms with E-state index in [1.807, 2.05) is 38.1 Å². The monoisotopic (exact) mass is 387 g/mol. The van der Waals surface area contributed by atoms with Crippen LogP contribution in [0.2, 0.25) is 0 Å². The molecule has 0 radical (unpaired) electrons. The lowest BCUT2D eigenvalue weighted by Gasteiger charge is -2.30. The molecular formula is C21H29N3O4. The van der Waals surface area contributed by atoms with Gasteiger partial charge in [0.1, 0.15) is 5.54 Å². The molecule has 2 fully saturated rings. The summed E-state index contributed by atoms with van der Waals surface area (Å²) in [7, 11) is 0. The van der Waals surface area contributed by atoms with Gasteiger partial charge in [-0.15, -0.1) is 0 Å². The van der Waals surface area contributed by atoms with E-state index in [0.717, 1.165) is 24.8 Å². The number of hydrogen-bond donors (Lipinski definition) is 2. The first-order valence-electron chi connectivity index (χ1n) is 10.0. The second-order valence-electron chi connectivity index (χ2n) is 7.89. The van der Waals surface area contributed by atoms with Crippen LogP contribution in [0, 0.1) is 0 Å². The Balaban J connectivity index is 1.52. The lowest BCUT2D eigenvalue weighted by atomic mass is 9.82. The zero-order valence-corrected chi connectivity index (χ0v) is 16.6. The second kappa shape index (κ2) is 8.73. The minimum atomic E-state index is -0.740. The van der Waals surface area contributed by atoms with Gasteiger partial charge in [-0.3, -0.25) is 14.5 Å². The summed E-state index contributed by atoms with van der Waals surface area (Å²) in [5.41, 5.74) is 0.909. The first-order chi connectivity index (χ1) is 13.4. The van der Waals surface area contributed by atoms with Crippen LogP contribution in [0.25, 0.3) is 0 Å². The van der Waals surface area contributed by atoms with Crippen LogP contribution in [0.1, 0.15) is 57.9 Å². The standard InChI is InChI=1S/C21H29N3O4/c1-15(2)28-14-16-7-6-8-17(13-16)22-18(25)9-12-24-19(26)21(23-20(24)27)10-4-3-5-11-21/h6-8,13,15H,3-5,9-12,14H2,1-2H3,(H,22,25)(H,23,27). The molecule has 152 valence electrons. The highest BCUT2D eigenvalue weighted by Crippen LogP contribution is 2.33. The Kier molecular flexibility index (Phi) is 6.34. The fourth-order valence-corrected chi connectivity index (χ4v) is 3.81. The van der Waals surface area contributed by atoms with Crippen LogP contribution in [0.4, 0.5) is 10.5 Å². The van der Waals surface area contributed by atoms with E-state index >= 15 is 0 Å². The molecule has 2 N–H and O–H groups in total. The van der Waals surface area contributed by atoms with Crippen LogP contribution in [0.5, 0.6) is 0 Å². The maximum absolute atomic E-state index is 12.7. The van der Waals surface area contributed by atoms with Gasteiger partial charge in [-0.25, -0.2) is 4.79 Å². The number of imide groups is 1. The Bertz CT molecular complexity index is 741. The fraction of sp³-hybridized carbons (Fsp3) is 0.571. The van der Waals surface area contributed by atoms with Gasteiger partial charge in [0.05, 0.1) is 12.7 Å². The molecule has 28 heavy (non-hydrogen) atoms. The van der Waals surface area contributed by atoms with Gasteiger partial charge in [-0.05, 0) is 44.4 Å². The minimum Gasteiger partial charge on any atom is -0.374 e. The smallest absolute Gasteiger partial charge is 0.325 e. The molecule has 0 unspecified atom stereocenters. The SMILES string of the molecule is CC(C)OCc1cccc(NC(=O)CCN2C(=O)NC3(CCCCC3)C2=O)c1. The lowest BCUT2D eigenvalue weighted by Crippen LogP contribution is -2.48. The molecule has 1 aliphatic heterocycles. The molecule has 0 aromatic heterocycles. The maximum Gasteiger partial charge on any atom is 0.325 e. The highest BCUT2D eigenvalue weighted by molar-refractivity contribution is 6.07. The Hall–Kier alpha value is -2.41. The zero-order chi connectivity index (χ0) is 20.1. The normalized spacial score (nSPS) is 18.6. The maximum atomic E-state index is 12.7. The molecule has 1 aliphatic carbocycles. The first-order valence-corrected chi connectivity index (χ1v) is 10.0. The van der Waals surface area contributed by atoms with E-state index in [4.69, 9.17) is 4.74 Å². The van der Waals surface area contributed by atoms with Crippen molar-refractivity contribution in [3.8, 4) is 0 Å². The molecule has 3 rings (SSSR count). The summed E-state index contributed by atoms with van der Waals surface area (Å²) in [6.45, 7) is 4.51. The molecule has 1 spiro atoms. The zero-order valence-electron chi connectivity index (χ0n) is 16.6. The van der Waals surface area contributed by atoms with E-state index in [9.17, 15) is 14.4 Å². The Morgan fingerprint density at radius 1 is 1.25 bits per heavy atom. The summed E-state index contributed by atoms with van der Waals surface area (Å²) in [5.74, 6) is -0.412. The van der Waals surface area contributed by atoms with Gasteiger partial charge in [-0.1, -0.05) is 31.4 Å². The summed E-state index contributed by atoms with van der Waals surface area (Å²) in [5, 5.41) is 5.70. The molecular weight excluding hydrogens is 358 g/mol. The Morgan fingerprint density at radius 2 is 2.00 bits per heavy atom. The highest BCUT2D eigenvalue weighted by Gasteiger charge is 2.50. The molecule has 7 heteroatoms. The van der Waals surface area contributed by atoms with Crippen LogP contribution in [0.3, 0.4) is 0 Å². The number of amides is 4. The van der Waals surface area contributed by atoms with Gasteiger partial charge in [0.25, 0.3) is 5.91 Å². The van der Waals surface area contributed by atoms with Gasteiger partial charge in [0.2, 0.25) is 5.91 Å². The van der Waals surface area contributed by atoms with Crippen molar-refractivity contribution in [1.29, 1.82) is 0 Å². The van der Waals surface area contributed by atoms with Crippen LogP contribution in [0.15, 0.2) is 24.3 Å². The van der Waals surface area contributed by atoms with Crippen LogP contribution < -0.4 is 10.6 Å². The second-order valence-corrected chi connectivity index (χ2v) is 7.89. The summed E-state index contributed by atoms with van der Waals surface area (Å²) < 4.78 is 5.58.